The van der Waals surface area contributed by atoms with E-state index in [0.29, 0.717) is 11.3 Å². The monoisotopic (exact) mass is 386 g/mol. The van der Waals surface area contributed by atoms with Gasteiger partial charge in [-0.15, -0.1) is 0 Å². The molecule has 0 aliphatic rings. The summed E-state index contributed by atoms with van der Waals surface area (Å²) >= 11 is 3.31. The number of hydrogen-bond acceptors (Lipinski definition) is 1. The molecule has 0 aliphatic carbocycles. The van der Waals surface area contributed by atoms with Gasteiger partial charge in [-0.05, 0) is 42.3 Å². The Hall–Kier alpha value is -2.02. The third kappa shape index (κ3) is 4.99. The highest BCUT2D eigenvalue weighted by atomic mass is 79.9. The summed E-state index contributed by atoms with van der Waals surface area (Å²) in [4.78, 5) is 11.9. The van der Waals surface area contributed by atoms with E-state index in [-0.39, 0.29) is 6.54 Å². The molecule has 0 spiro atoms. The van der Waals surface area contributed by atoms with Crippen LogP contribution in [0.15, 0.2) is 46.9 Å². The van der Waals surface area contributed by atoms with Gasteiger partial charge in [-0.2, -0.15) is 13.2 Å². The van der Waals surface area contributed by atoms with E-state index in [2.05, 4.69) is 26.6 Å². The molecular formula is C16H14BrF3N2O. The Morgan fingerprint density at radius 1 is 1.17 bits per heavy atom. The van der Waals surface area contributed by atoms with Gasteiger partial charge in [-0.1, -0.05) is 34.1 Å². The summed E-state index contributed by atoms with van der Waals surface area (Å²) in [5.74, 6) is 0. The van der Waals surface area contributed by atoms with Crippen molar-refractivity contribution in [3.05, 3.63) is 63.6 Å². The fourth-order valence-electron chi connectivity index (χ4n) is 1.94. The molecule has 0 aromatic heterocycles. The van der Waals surface area contributed by atoms with Crippen LogP contribution in [0.4, 0.5) is 23.7 Å². The maximum atomic E-state index is 12.6. The Morgan fingerprint density at radius 2 is 1.91 bits per heavy atom. The first kappa shape index (κ1) is 17.3. The number of anilines is 1. The number of rotatable bonds is 3. The summed E-state index contributed by atoms with van der Waals surface area (Å²) in [6.07, 6.45) is -4.40. The maximum Gasteiger partial charge on any atom is 0.416 e. The van der Waals surface area contributed by atoms with Crippen LogP contribution in [0, 0.1) is 6.92 Å². The number of hydrogen-bond donors (Lipinski definition) is 2. The lowest BCUT2D eigenvalue weighted by Gasteiger charge is -2.12. The second-order valence-corrected chi connectivity index (χ2v) is 5.88. The van der Waals surface area contributed by atoms with Gasteiger partial charge < -0.3 is 10.6 Å². The molecule has 2 rings (SSSR count). The molecule has 0 aliphatic heterocycles. The summed E-state index contributed by atoms with van der Waals surface area (Å²) < 4.78 is 38.7. The number of carbonyl (C=O) groups excluding carboxylic acids is 1. The number of carbonyl (C=O) groups is 1. The van der Waals surface area contributed by atoms with Crippen LogP contribution in [0.5, 0.6) is 0 Å². The number of aryl methyl sites for hydroxylation is 1. The minimum atomic E-state index is -4.40. The molecule has 0 saturated carbocycles. The molecule has 0 radical (unpaired) electrons. The molecule has 0 heterocycles. The van der Waals surface area contributed by atoms with Gasteiger partial charge in [0.1, 0.15) is 0 Å². The van der Waals surface area contributed by atoms with Crippen molar-refractivity contribution in [2.45, 2.75) is 19.6 Å². The number of nitrogens with one attached hydrogen (secondary N) is 2. The van der Waals surface area contributed by atoms with Crippen LogP contribution in [0.25, 0.3) is 0 Å². The van der Waals surface area contributed by atoms with Gasteiger partial charge >= 0.3 is 12.2 Å². The zero-order valence-corrected chi connectivity index (χ0v) is 13.8. The molecule has 2 N–H and O–H groups in total. The lowest BCUT2D eigenvalue weighted by molar-refractivity contribution is -0.137. The Kier molecular flexibility index (Phi) is 5.30. The molecular weight excluding hydrogens is 373 g/mol. The Bertz CT molecular complexity index is 717. The summed E-state index contributed by atoms with van der Waals surface area (Å²) in [6, 6.07) is 9.81. The van der Waals surface area contributed by atoms with Crippen molar-refractivity contribution < 1.29 is 18.0 Å². The third-order valence-electron chi connectivity index (χ3n) is 3.16. The average Bonchev–Trinajstić information content (AvgIpc) is 2.48. The highest BCUT2D eigenvalue weighted by molar-refractivity contribution is 9.10. The van der Waals surface area contributed by atoms with Crippen LogP contribution in [-0.4, -0.2) is 6.03 Å². The van der Waals surface area contributed by atoms with Crippen molar-refractivity contribution in [2.24, 2.45) is 0 Å². The van der Waals surface area contributed by atoms with E-state index in [0.717, 1.165) is 22.2 Å². The quantitative estimate of drug-likeness (QED) is 0.756. The number of amides is 2. The zero-order valence-electron chi connectivity index (χ0n) is 12.2. The normalized spacial score (nSPS) is 11.2. The van der Waals surface area contributed by atoms with Crippen LogP contribution in [0.3, 0.4) is 0 Å². The van der Waals surface area contributed by atoms with Gasteiger partial charge in [0, 0.05) is 16.7 Å². The Labute approximate surface area is 140 Å². The SMILES string of the molecule is Cc1ccc(Br)cc1NC(=O)NCc1cccc(C(F)(F)F)c1. The molecule has 0 saturated heterocycles. The molecule has 122 valence electrons. The van der Waals surface area contributed by atoms with Crippen molar-refractivity contribution in [1.82, 2.24) is 5.32 Å². The van der Waals surface area contributed by atoms with E-state index in [1.807, 2.05) is 19.1 Å². The van der Waals surface area contributed by atoms with Gasteiger partial charge in [-0.25, -0.2) is 4.79 Å². The summed E-state index contributed by atoms with van der Waals surface area (Å²) in [5, 5.41) is 5.20. The topological polar surface area (TPSA) is 41.1 Å². The molecule has 0 unspecified atom stereocenters. The highest BCUT2D eigenvalue weighted by Crippen LogP contribution is 2.29. The Morgan fingerprint density at radius 3 is 2.61 bits per heavy atom. The largest absolute Gasteiger partial charge is 0.416 e. The lowest BCUT2D eigenvalue weighted by Crippen LogP contribution is -2.28. The van der Waals surface area contributed by atoms with E-state index in [4.69, 9.17) is 0 Å². The van der Waals surface area contributed by atoms with E-state index < -0.39 is 17.8 Å². The summed E-state index contributed by atoms with van der Waals surface area (Å²) in [7, 11) is 0. The predicted molar refractivity (Wildman–Crippen MR) is 86.2 cm³/mol. The second kappa shape index (κ2) is 7.04. The van der Waals surface area contributed by atoms with Crippen LogP contribution >= 0.6 is 15.9 Å². The first-order valence-electron chi connectivity index (χ1n) is 6.73. The molecule has 2 amide bonds. The minimum Gasteiger partial charge on any atom is -0.334 e. The number of alkyl halides is 3. The average molecular weight is 387 g/mol. The van der Waals surface area contributed by atoms with E-state index in [9.17, 15) is 18.0 Å². The van der Waals surface area contributed by atoms with Gasteiger partial charge in [0.05, 0.1) is 5.56 Å². The summed E-state index contributed by atoms with van der Waals surface area (Å²) in [5.41, 5.74) is 1.14. The third-order valence-corrected chi connectivity index (χ3v) is 3.65. The summed E-state index contributed by atoms with van der Waals surface area (Å²) in [6.45, 7) is 1.84. The van der Waals surface area contributed by atoms with Crippen molar-refractivity contribution in [1.29, 1.82) is 0 Å². The molecule has 0 bridgehead atoms. The molecule has 3 nitrogen and oxygen atoms in total. The second-order valence-electron chi connectivity index (χ2n) is 4.97. The fourth-order valence-corrected chi connectivity index (χ4v) is 2.30. The maximum absolute atomic E-state index is 12.6. The van der Waals surface area contributed by atoms with E-state index >= 15 is 0 Å². The van der Waals surface area contributed by atoms with E-state index in [1.165, 1.54) is 12.1 Å². The van der Waals surface area contributed by atoms with Gasteiger partial charge in [0.15, 0.2) is 0 Å². The fraction of sp³-hybridized carbons (Fsp3) is 0.188. The number of halogens is 4. The number of benzene rings is 2. The van der Waals surface area contributed by atoms with Gasteiger partial charge in [-0.3, -0.25) is 0 Å². The van der Waals surface area contributed by atoms with Crippen LogP contribution in [0.1, 0.15) is 16.7 Å². The molecule has 23 heavy (non-hydrogen) atoms. The Balaban J connectivity index is 1.98. The van der Waals surface area contributed by atoms with Crippen molar-refractivity contribution in [2.75, 3.05) is 5.32 Å². The predicted octanol–water partition coefficient (Wildman–Crippen LogP) is 5.10. The van der Waals surface area contributed by atoms with Crippen LogP contribution in [0.2, 0.25) is 0 Å². The molecule has 0 fully saturated rings. The van der Waals surface area contributed by atoms with Crippen molar-refractivity contribution in [3.8, 4) is 0 Å². The van der Waals surface area contributed by atoms with Crippen molar-refractivity contribution >= 4 is 27.6 Å². The highest BCUT2D eigenvalue weighted by Gasteiger charge is 2.30. The van der Waals surface area contributed by atoms with Gasteiger partial charge in [0.2, 0.25) is 0 Å². The van der Waals surface area contributed by atoms with Crippen LogP contribution < -0.4 is 10.6 Å². The molecule has 2 aromatic rings. The molecule has 7 heteroatoms. The van der Waals surface area contributed by atoms with E-state index in [1.54, 1.807) is 6.07 Å². The smallest absolute Gasteiger partial charge is 0.334 e. The molecule has 2 aromatic carbocycles. The lowest BCUT2D eigenvalue weighted by atomic mass is 10.1. The first-order valence-corrected chi connectivity index (χ1v) is 7.52. The van der Waals surface area contributed by atoms with Crippen molar-refractivity contribution in [3.63, 3.8) is 0 Å². The first-order chi connectivity index (χ1) is 10.8. The zero-order chi connectivity index (χ0) is 17.0. The van der Waals surface area contributed by atoms with Crippen LogP contribution in [-0.2, 0) is 12.7 Å². The minimum absolute atomic E-state index is 0.00278. The van der Waals surface area contributed by atoms with Gasteiger partial charge in [0.25, 0.3) is 0 Å². The number of urea groups is 1. The standard InChI is InChI=1S/C16H14BrF3N2O/c1-10-5-6-13(17)8-14(10)22-15(23)21-9-11-3-2-4-12(7-11)16(18,19)20/h2-8H,9H2,1H3,(H2,21,22,23). The molecule has 0 atom stereocenters.